The summed E-state index contributed by atoms with van der Waals surface area (Å²) in [4.78, 5) is 7.15. The van der Waals surface area contributed by atoms with E-state index in [-0.39, 0.29) is 0 Å². The van der Waals surface area contributed by atoms with E-state index in [1.807, 2.05) is 19.1 Å². The van der Waals surface area contributed by atoms with Gasteiger partial charge in [0.25, 0.3) is 0 Å². The van der Waals surface area contributed by atoms with Crippen molar-refractivity contribution in [1.82, 2.24) is 15.2 Å². The predicted octanol–water partition coefficient (Wildman–Crippen LogP) is 3.70. The number of fused-ring (bicyclic) bond motifs is 1. The van der Waals surface area contributed by atoms with Gasteiger partial charge in [-0.15, -0.1) is 0 Å². The molecule has 1 aliphatic heterocycles. The maximum atomic E-state index is 5.60. The number of benzene rings is 2. The van der Waals surface area contributed by atoms with Gasteiger partial charge in [-0.2, -0.15) is 0 Å². The molecule has 1 saturated heterocycles. The standard InChI is InChI=1S/C22H25N3O/c1-16-7-9-18-13-17(8-10-20(18)24-16)15-25-12-11-23-14-21(25)19-5-3-4-6-22(19)26-2/h3-10,13,21,23H,11-12,14-15H2,1-2H3. The van der Waals surface area contributed by atoms with Crippen LogP contribution in [-0.2, 0) is 6.54 Å². The molecule has 1 fully saturated rings. The molecule has 0 bridgehead atoms. The van der Waals surface area contributed by atoms with Crippen LogP contribution in [0.1, 0.15) is 22.9 Å². The third-order valence-electron chi connectivity index (χ3n) is 5.13. The first-order chi connectivity index (χ1) is 12.7. The quantitative estimate of drug-likeness (QED) is 0.781. The summed E-state index contributed by atoms with van der Waals surface area (Å²) < 4.78 is 5.60. The Morgan fingerprint density at radius 1 is 1.15 bits per heavy atom. The lowest BCUT2D eigenvalue weighted by molar-refractivity contribution is 0.151. The summed E-state index contributed by atoms with van der Waals surface area (Å²) in [5, 5.41) is 4.73. The molecule has 0 radical (unpaired) electrons. The van der Waals surface area contributed by atoms with E-state index in [2.05, 4.69) is 57.7 Å². The van der Waals surface area contributed by atoms with Crippen molar-refractivity contribution in [3.63, 3.8) is 0 Å². The Morgan fingerprint density at radius 3 is 2.92 bits per heavy atom. The molecular weight excluding hydrogens is 322 g/mol. The third kappa shape index (κ3) is 3.43. The second-order valence-electron chi connectivity index (χ2n) is 6.91. The van der Waals surface area contributed by atoms with Gasteiger partial charge in [0.05, 0.1) is 18.7 Å². The van der Waals surface area contributed by atoms with Gasteiger partial charge >= 0.3 is 0 Å². The summed E-state index contributed by atoms with van der Waals surface area (Å²) >= 11 is 0. The molecule has 1 atom stereocenters. The second-order valence-corrected chi connectivity index (χ2v) is 6.91. The van der Waals surface area contributed by atoms with Crippen molar-refractivity contribution in [2.24, 2.45) is 0 Å². The summed E-state index contributed by atoms with van der Waals surface area (Å²) in [7, 11) is 1.75. The maximum absolute atomic E-state index is 5.60. The van der Waals surface area contributed by atoms with Crippen LogP contribution in [0.4, 0.5) is 0 Å². The van der Waals surface area contributed by atoms with Crippen molar-refractivity contribution in [1.29, 1.82) is 0 Å². The monoisotopic (exact) mass is 347 g/mol. The van der Waals surface area contributed by atoms with Gasteiger partial charge < -0.3 is 10.1 Å². The van der Waals surface area contributed by atoms with Gasteiger partial charge in [0.2, 0.25) is 0 Å². The molecule has 4 heteroatoms. The molecule has 4 nitrogen and oxygen atoms in total. The molecule has 134 valence electrons. The second kappa shape index (κ2) is 7.44. The molecule has 1 unspecified atom stereocenters. The first-order valence-corrected chi connectivity index (χ1v) is 9.18. The minimum absolute atomic E-state index is 0.312. The number of hydrogen-bond donors (Lipinski definition) is 1. The van der Waals surface area contributed by atoms with Gasteiger partial charge in [0.1, 0.15) is 5.75 Å². The molecule has 0 aliphatic carbocycles. The molecule has 2 heterocycles. The van der Waals surface area contributed by atoms with Crippen molar-refractivity contribution in [2.75, 3.05) is 26.7 Å². The zero-order valence-corrected chi connectivity index (χ0v) is 15.4. The number of piperazine rings is 1. The topological polar surface area (TPSA) is 37.4 Å². The Bertz CT molecular complexity index is 909. The number of aromatic nitrogens is 1. The lowest BCUT2D eigenvalue weighted by Crippen LogP contribution is -2.45. The molecular formula is C22H25N3O. The van der Waals surface area contributed by atoms with E-state index >= 15 is 0 Å². The lowest BCUT2D eigenvalue weighted by Gasteiger charge is -2.37. The van der Waals surface area contributed by atoms with Crippen molar-refractivity contribution < 1.29 is 4.74 Å². The van der Waals surface area contributed by atoms with E-state index in [0.29, 0.717) is 6.04 Å². The Kier molecular flexibility index (Phi) is 4.87. The molecule has 0 saturated carbocycles. The minimum atomic E-state index is 0.312. The summed E-state index contributed by atoms with van der Waals surface area (Å²) in [6.45, 7) is 5.93. The zero-order valence-electron chi connectivity index (χ0n) is 15.4. The van der Waals surface area contributed by atoms with Crippen LogP contribution in [0.3, 0.4) is 0 Å². The van der Waals surface area contributed by atoms with E-state index in [4.69, 9.17) is 4.74 Å². The minimum Gasteiger partial charge on any atom is -0.496 e. The summed E-state index contributed by atoms with van der Waals surface area (Å²) in [5.41, 5.74) is 4.70. The van der Waals surface area contributed by atoms with Crippen LogP contribution in [-0.4, -0.2) is 36.6 Å². The first-order valence-electron chi connectivity index (χ1n) is 9.18. The highest BCUT2D eigenvalue weighted by Gasteiger charge is 2.26. The van der Waals surface area contributed by atoms with Crippen LogP contribution in [0.25, 0.3) is 10.9 Å². The van der Waals surface area contributed by atoms with Crippen LogP contribution < -0.4 is 10.1 Å². The average molecular weight is 347 g/mol. The SMILES string of the molecule is COc1ccccc1C1CNCCN1Cc1ccc2nc(C)ccc2c1. The molecule has 1 N–H and O–H groups in total. The molecule has 3 aromatic rings. The molecule has 1 aromatic heterocycles. The molecule has 26 heavy (non-hydrogen) atoms. The van der Waals surface area contributed by atoms with Crippen molar-refractivity contribution in [2.45, 2.75) is 19.5 Å². The number of nitrogens with zero attached hydrogens (tertiary/aromatic N) is 2. The number of ether oxygens (including phenoxy) is 1. The normalized spacial score (nSPS) is 18.2. The van der Waals surface area contributed by atoms with Gasteiger partial charge in [-0.25, -0.2) is 0 Å². The summed E-state index contributed by atoms with van der Waals surface area (Å²) in [5.74, 6) is 0.962. The van der Waals surface area contributed by atoms with E-state index in [0.717, 1.165) is 43.1 Å². The van der Waals surface area contributed by atoms with Crippen molar-refractivity contribution in [3.05, 3.63) is 71.4 Å². The van der Waals surface area contributed by atoms with E-state index in [1.54, 1.807) is 7.11 Å². The molecule has 4 rings (SSSR count). The highest BCUT2D eigenvalue weighted by Crippen LogP contribution is 2.31. The number of hydrogen-bond acceptors (Lipinski definition) is 4. The lowest BCUT2D eigenvalue weighted by atomic mass is 10.0. The van der Waals surface area contributed by atoms with Gasteiger partial charge in [-0.1, -0.05) is 30.3 Å². The Hall–Kier alpha value is -2.43. The fourth-order valence-corrected chi connectivity index (χ4v) is 3.79. The summed E-state index contributed by atoms with van der Waals surface area (Å²) in [6.07, 6.45) is 0. The van der Waals surface area contributed by atoms with Crippen LogP contribution in [0.5, 0.6) is 5.75 Å². The number of aryl methyl sites for hydroxylation is 1. The van der Waals surface area contributed by atoms with Crippen LogP contribution in [0.2, 0.25) is 0 Å². The van der Waals surface area contributed by atoms with Crippen LogP contribution >= 0.6 is 0 Å². The average Bonchev–Trinajstić information content (AvgIpc) is 2.68. The maximum Gasteiger partial charge on any atom is 0.123 e. The van der Waals surface area contributed by atoms with Gasteiger partial charge in [-0.3, -0.25) is 9.88 Å². The van der Waals surface area contributed by atoms with E-state index in [1.165, 1.54) is 16.5 Å². The smallest absolute Gasteiger partial charge is 0.123 e. The zero-order chi connectivity index (χ0) is 17.9. The number of para-hydroxylation sites is 1. The Labute approximate surface area is 154 Å². The Balaban J connectivity index is 1.62. The largest absolute Gasteiger partial charge is 0.496 e. The van der Waals surface area contributed by atoms with E-state index < -0.39 is 0 Å². The first kappa shape index (κ1) is 17.0. The number of rotatable bonds is 4. The van der Waals surface area contributed by atoms with Crippen LogP contribution in [0, 0.1) is 6.92 Å². The van der Waals surface area contributed by atoms with Gasteiger partial charge in [-0.05, 0) is 36.8 Å². The highest BCUT2D eigenvalue weighted by atomic mass is 16.5. The number of methoxy groups -OCH3 is 1. The molecule has 2 aromatic carbocycles. The molecule has 0 amide bonds. The van der Waals surface area contributed by atoms with Gasteiger partial charge in [0.15, 0.2) is 0 Å². The number of pyridine rings is 1. The predicted molar refractivity (Wildman–Crippen MR) is 105 cm³/mol. The highest BCUT2D eigenvalue weighted by molar-refractivity contribution is 5.79. The number of nitrogens with one attached hydrogen (secondary N) is 1. The van der Waals surface area contributed by atoms with Crippen molar-refractivity contribution >= 4 is 10.9 Å². The summed E-state index contributed by atoms with van der Waals surface area (Å²) in [6, 6.07) is 19.5. The molecule has 1 aliphatic rings. The fourth-order valence-electron chi connectivity index (χ4n) is 3.79. The fraction of sp³-hybridized carbons (Fsp3) is 0.318. The molecule has 0 spiro atoms. The van der Waals surface area contributed by atoms with Crippen molar-refractivity contribution in [3.8, 4) is 5.75 Å². The third-order valence-corrected chi connectivity index (χ3v) is 5.13. The van der Waals surface area contributed by atoms with Gasteiger partial charge in [0, 0.05) is 42.8 Å². The Morgan fingerprint density at radius 2 is 2.04 bits per heavy atom. The van der Waals surface area contributed by atoms with E-state index in [9.17, 15) is 0 Å². The van der Waals surface area contributed by atoms with Crippen LogP contribution in [0.15, 0.2) is 54.6 Å².